The number of hydrogen-bond acceptors (Lipinski definition) is 4. The first kappa shape index (κ1) is 34.2. The van der Waals surface area contributed by atoms with Crippen molar-refractivity contribution in [3.8, 4) is 0 Å². The fourth-order valence-electron chi connectivity index (χ4n) is 6.15. The zero-order chi connectivity index (χ0) is 33.4. The summed E-state index contributed by atoms with van der Waals surface area (Å²) in [6.07, 6.45) is 5.31. The number of nitrogens with one attached hydrogen (secondary N) is 1. The molecule has 4 aromatic rings. The number of amides is 2. The van der Waals surface area contributed by atoms with Crippen molar-refractivity contribution in [2.45, 2.75) is 75.9 Å². The third-order valence-electron chi connectivity index (χ3n) is 8.87. The quantitative estimate of drug-likeness (QED) is 0.172. The molecule has 0 spiro atoms. The molecule has 0 bridgehead atoms. The van der Waals surface area contributed by atoms with Gasteiger partial charge in [-0.3, -0.25) is 13.9 Å². The molecule has 1 saturated carbocycles. The van der Waals surface area contributed by atoms with Crippen LogP contribution in [0.1, 0.15) is 54.4 Å². The average molecular weight is 672 g/mol. The van der Waals surface area contributed by atoms with E-state index in [1.807, 2.05) is 61.5 Å². The number of nitrogens with zero attached hydrogens (tertiary/aromatic N) is 2. The summed E-state index contributed by atoms with van der Waals surface area (Å²) in [5.41, 5.74) is 3.69. The van der Waals surface area contributed by atoms with E-state index in [1.165, 1.54) is 12.1 Å². The van der Waals surface area contributed by atoms with Gasteiger partial charge in [-0.1, -0.05) is 110 Å². The average Bonchev–Trinajstić information content (AvgIpc) is 3.08. The number of anilines is 1. The first-order chi connectivity index (χ1) is 22.6. The van der Waals surface area contributed by atoms with Crippen molar-refractivity contribution in [2.24, 2.45) is 0 Å². The molecule has 1 N–H and O–H groups in total. The number of halogens is 1. The molecular weight excluding hydrogens is 630 g/mol. The molecule has 9 heteroatoms. The van der Waals surface area contributed by atoms with Crippen LogP contribution in [0.4, 0.5) is 5.69 Å². The first-order valence-electron chi connectivity index (χ1n) is 16.2. The van der Waals surface area contributed by atoms with Gasteiger partial charge in [0.05, 0.1) is 10.6 Å². The molecule has 0 heterocycles. The number of aryl methyl sites for hydroxylation is 2. The minimum atomic E-state index is -4.20. The van der Waals surface area contributed by atoms with Gasteiger partial charge in [0.1, 0.15) is 12.6 Å². The van der Waals surface area contributed by atoms with Crippen molar-refractivity contribution in [2.75, 3.05) is 10.8 Å². The maximum absolute atomic E-state index is 14.8. The Morgan fingerprint density at radius 1 is 0.830 bits per heavy atom. The van der Waals surface area contributed by atoms with Gasteiger partial charge in [0.25, 0.3) is 10.0 Å². The molecule has 5 rings (SSSR count). The molecule has 0 aromatic heterocycles. The Bertz CT molecular complexity index is 1780. The van der Waals surface area contributed by atoms with Gasteiger partial charge in [0.2, 0.25) is 11.8 Å². The summed E-state index contributed by atoms with van der Waals surface area (Å²) in [6.45, 7) is 3.36. The Hall–Kier alpha value is -4.14. The predicted molar refractivity (Wildman–Crippen MR) is 188 cm³/mol. The van der Waals surface area contributed by atoms with Gasteiger partial charge in [0, 0.05) is 24.0 Å². The van der Waals surface area contributed by atoms with Crippen LogP contribution < -0.4 is 9.62 Å². The van der Waals surface area contributed by atoms with E-state index in [1.54, 1.807) is 48.2 Å². The van der Waals surface area contributed by atoms with E-state index in [0.29, 0.717) is 16.3 Å². The standard InChI is InChI=1S/C38H42ClN3O4S/c1-28-14-12-13-17-31(28)26-41(36(24-30-15-6-3-7-16-30)38(44)40-33-18-8-4-9-19-33)37(43)27-42(35-25-32(39)23-22-29(35)2)47(45,46)34-20-10-5-11-21-34/h3,5-7,10-17,20-23,25,33,36H,4,8-9,18-19,24,26-27H2,1-2H3,(H,40,44)/t36-/m1/s1. The van der Waals surface area contributed by atoms with E-state index in [-0.39, 0.29) is 29.8 Å². The largest absolute Gasteiger partial charge is 0.352 e. The molecule has 2 amide bonds. The van der Waals surface area contributed by atoms with Crippen LogP contribution in [0.15, 0.2) is 108 Å². The second-order valence-electron chi connectivity index (χ2n) is 12.3. The van der Waals surface area contributed by atoms with Crippen LogP contribution in [0.3, 0.4) is 0 Å². The summed E-state index contributed by atoms with van der Waals surface area (Å²) in [5.74, 6) is -0.731. The van der Waals surface area contributed by atoms with Gasteiger partial charge in [-0.05, 0) is 73.2 Å². The van der Waals surface area contributed by atoms with Gasteiger partial charge < -0.3 is 10.2 Å². The lowest BCUT2D eigenvalue weighted by Crippen LogP contribution is -2.55. The Kier molecular flexibility index (Phi) is 11.4. The van der Waals surface area contributed by atoms with Crippen LogP contribution in [0, 0.1) is 13.8 Å². The molecule has 0 aliphatic heterocycles. The van der Waals surface area contributed by atoms with E-state index in [0.717, 1.165) is 53.1 Å². The van der Waals surface area contributed by atoms with Gasteiger partial charge in [-0.2, -0.15) is 0 Å². The summed E-state index contributed by atoms with van der Waals surface area (Å²) in [5, 5.41) is 3.59. The van der Waals surface area contributed by atoms with Crippen LogP contribution in [-0.4, -0.2) is 43.8 Å². The summed E-state index contributed by atoms with van der Waals surface area (Å²) in [4.78, 5) is 30.6. The summed E-state index contributed by atoms with van der Waals surface area (Å²) >= 11 is 6.39. The fraction of sp³-hybridized carbons (Fsp3) is 0.316. The Morgan fingerprint density at radius 3 is 2.15 bits per heavy atom. The molecule has 7 nitrogen and oxygen atoms in total. The summed E-state index contributed by atoms with van der Waals surface area (Å²) < 4.78 is 29.6. The van der Waals surface area contributed by atoms with Crippen LogP contribution in [0.5, 0.6) is 0 Å². The van der Waals surface area contributed by atoms with Crippen molar-refractivity contribution in [3.63, 3.8) is 0 Å². The van der Waals surface area contributed by atoms with Crippen molar-refractivity contribution >= 4 is 39.1 Å². The van der Waals surface area contributed by atoms with E-state index in [9.17, 15) is 18.0 Å². The zero-order valence-electron chi connectivity index (χ0n) is 26.9. The van der Waals surface area contributed by atoms with Crippen LogP contribution >= 0.6 is 11.6 Å². The fourth-order valence-corrected chi connectivity index (χ4v) is 7.81. The third-order valence-corrected chi connectivity index (χ3v) is 10.9. The molecule has 246 valence electrons. The molecule has 0 saturated heterocycles. The van der Waals surface area contributed by atoms with Crippen LogP contribution in [0.25, 0.3) is 0 Å². The van der Waals surface area contributed by atoms with Gasteiger partial charge in [0.15, 0.2) is 0 Å². The maximum Gasteiger partial charge on any atom is 0.264 e. The second-order valence-corrected chi connectivity index (χ2v) is 14.6. The van der Waals surface area contributed by atoms with E-state index in [4.69, 9.17) is 11.6 Å². The summed E-state index contributed by atoms with van der Waals surface area (Å²) in [7, 11) is -4.20. The van der Waals surface area contributed by atoms with Crippen LogP contribution in [0.2, 0.25) is 5.02 Å². The number of rotatable bonds is 12. The second kappa shape index (κ2) is 15.6. The first-order valence-corrected chi connectivity index (χ1v) is 18.0. The lowest BCUT2D eigenvalue weighted by Gasteiger charge is -2.35. The van der Waals surface area contributed by atoms with Crippen molar-refractivity contribution in [1.82, 2.24) is 10.2 Å². The minimum Gasteiger partial charge on any atom is -0.352 e. The van der Waals surface area contributed by atoms with Gasteiger partial charge in [-0.25, -0.2) is 8.42 Å². The normalized spacial score (nSPS) is 14.3. The van der Waals surface area contributed by atoms with E-state index >= 15 is 0 Å². The van der Waals surface area contributed by atoms with Crippen molar-refractivity contribution in [3.05, 3.63) is 130 Å². The molecule has 0 unspecified atom stereocenters. The molecule has 1 aliphatic carbocycles. The highest BCUT2D eigenvalue weighted by atomic mass is 35.5. The zero-order valence-corrected chi connectivity index (χ0v) is 28.5. The maximum atomic E-state index is 14.8. The number of benzene rings is 4. The van der Waals surface area contributed by atoms with Crippen molar-refractivity contribution < 1.29 is 18.0 Å². The molecule has 1 fully saturated rings. The van der Waals surface area contributed by atoms with Gasteiger partial charge in [-0.15, -0.1) is 0 Å². The lowest BCUT2D eigenvalue weighted by molar-refractivity contribution is -0.140. The topological polar surface area (TPSA) is 86.8 Å². The monoisotopic (exact) mass is 671 g/mol. The number of carbonyl (C=O) groups is 2. The molecule has 4 aromatic carbocycles. The van der Waals surface area contributed by atoms with E-state index in [2.05, 4.69) is 5.32 Å². The summed E-state index contributed by atoms with van der Waals surface area (Å²) in [6, 6.07) is 29.5. The highest BCUT2D eigenvalue weighted by molar-refractivity contribution is 7.92. The number of sulfonamides is 1. The van der Waals surface area contributed by atoms with Crippen LogP contribution in [-0.2, 0) is 32.6 Å². The molecule has 1 atom stereocenters. The smallest absolute Gasteiger partial charge is 0.264 e. The number of hydrogen-bond donors (Lipinski definition) is 1. The Labute approximate surface area is 283 Å². The molecule has 47 heavy (non-hydrogen) atoms. The highest BCUT2D eigenvalue weighted by Crippen LogP contribution is 2.30. The minimum absolute atomic E-state index is 0.0361. The van der Waals surface area contributed by atoms with Gasteiger partial charge >= 0.3 is 0 Å². The highest BCUT2D eigenvalue weighted by Gasteiger charge is 2.36. The predicted octanol–water partition coefficient (Wildman–Crippen LogP) is 7.24. The molecule has 0 radical (unpaired) electrons. The third kappa shape index (κ3) is 8.62. The Morgan fingerprint density at radius 2 is 1.47 bits per heavy atom. The Balaban J connectivity index is 1.59. The SMILES string of the molecule is Cc1ccccc1CN(C(=O)CN(c1cc(Cl)ccc1C)S(=O)(=O)c1ccccc1)[C@H](Cc1ccccc1)C(=O)NC1CCCCC1. The molecule has 1 aliphatic rings. The molecular formula is C38H42ClN3O4S. The van der Waals surface area contributed by atoms with E-state index < -0.39 is 28.5 Å². The number of carbonyl (C=O) groups excluding carboxylic acids is 2. The lowest BCUT2D eigenvalue weighted by atomic mass is 9.94. The van der Waals surface area contributed by atoms with Crippen molar-refractivity contribution in [1.29, 1.82) is 0 Å².